The monoisotopic (exact) mass is 469 g/mol. The molecule has 176 valence electrons. The van der Waals surface area contributed by atoms with Gasteiger partial charge in [-0.15, -0.1) is 0 Å². The highest BCUT2D eigenvalue weighted by Gasteiger charge is 2.44. The molecule has 2 aromatic carbocycles. The molecule has 1 heterocycles. The van der Waals surface area contributed by atoms with Crippen LogP contribution in [0.5, 0.6) is 5.75 Å². The van der Waals surface area contributed by atoms with Gasteiger partial charge in [-0.3, -0.25) is 0 Å². The first kappa shape index (κ1) is 23.8. The Bertz CT molecular complexity index is 1010. The summed E-state index contributed by atoms with van der Waals surface area (Å²) < 4.78 is 12.8. The summed E-state index contributed by atoms with van der Waals surface area (Å²) >= 11 is 5.94. The Labute approximate surface area is 201 Å². The Hall–Kier alpha value is -2.34. The van der Waals surface area contributed by atoms with Crippen LogP contribution in [0.25, 0.3) is 0 Å². The van der Waals surface area contributed by atoms with Crippen LogP contribution in [-0.4, -0.2) is 41.8 Å². The molecule has 0 saturated heterocycles. The molecular formula is C27H34ClN2O3+. The fourth-order valence-corrected chi connectivity index (χ4v) is 4.87. The van der Waals surface area contributed by atoms with Crippen LogP contribution in [0.4, 0.5) is 0 Å². The molecule has 1 aliphatic rings. The number of oxazole rings is 1. The van der Waals surface area contributed by atoms with E-state index in [0.717, 1.165) is 49.3 Å². The van der Waals surface area contributed by atoms with Crippen molar-refractivity contribution in [3.8, 4) is 5.75 Å². The molecule has 5 nitrogen and oxygen atoms in total. The molecule has 1 N–H and O–H groups in total. The third kappa shape index (κ3) is 5.78. The number of aromatic nitrogens is 1. The van der Waals surface area contributed by atoms with Gasteiger partial charge in [0.15, 0.2) is 11.4 Å². The maximum absolute atomic E-state index is 12.0. The van der Waals surface area contributed by atoms with Gasteiger partial charge in [0.1, 0.15) is 25.4 Å². The fraction of sp³-hybridized carbons (Fsp3) is 0.444. The Balaban J connectivity index is 1.46. The number of rotatable bonds is 9. The van der Waals surface area contributed by atoms with Crippen molar-refractivity contribution in [1.82, 2.24) is 4.98 Å². The van der Waals surface area contributed by atoms with Gasteiger partial charge in [0.2, 0.25) is 5.89 Å². The predicted molar refractivity (Wildman–Crippen MR) is 130 cm³/mol. The average Bonchev–Trinajstić information content (AvgIpc) is 3.29. The number of hydrogen-bond acceptors (Lipinski definition) is 4. The highest BCUT2D eigenvalue weighted by Crippen LogP contribution is 2.43. The van der Waals surface area contributed by atoms with Crippen molar-refractivity contribution in [2.75, 3.05) is 27.2 Å². The molecule has 3 aromatic rings. The topological polar surface area (TPSA) is 55.5 Å². The van der Waals surface area contributed by atoms with Crippen LogP contribution in [0.3, 0.4) is 0 Å². The molecule has 6 heteroatoms. The quantitative estimate of drug-likeness (QED) is 0.402. The Kier molecular flexibility index (Phi) is 7.42. The van der Waals surface area contributed by atoms with Crippen LogP contribution in [0.15, 0.2) is 65.2 Å². The fourth-order valence-electron chi connectivity index (χ4n) is 4.75. The number of aliphatic hydroxyl groups is 1. The SMILES string of the molecule is C[N+](C)(CCOc1ccc(Cl)cc1)Cc1cnc([C@](O)(c2ccccc2)C2CCCCC2)o1. The maximum Gasteiger partial charge on any atom is 0.231 e. The molecule has 0 radical (unpaired) electrons. The van der Waals surface area contributed by atoms with Gasteiger partial charge in [-0.25, -0.2) is 4.98 Å². The zero-order valence-electron chi connectivity index (χ0n) is 19.5. The zero-order chi connectivity index (χ0) is 23.3. The van der Waals surface area contributed by atoms with Crippen molar-refractivity contribution in [3.05, 3.63) is 83.0 Å². The standard InChI is InChI=1S/C27H34ClN2O3/c1-30(2,17-18-32-24-15-13-23(28)14-16-24)20-25-19-29-26(33-25)27(31,21-9-5-3-6-10-21)22-11-7-4-8-12-22/h3,5-6,9-10,13-16,19,22,31H,4,7-8,11-12,17-18,20H2,1-2H3/q+1/t27-/m0/s1. The molecule has 1 aliphatic carbocycles. The Morgan fingerprint density at radius 3 is 2.45 bits per heavy atom. The summed E-state index contributed by atoms with van der Waals surface area (Å²) in [4.78, 5) is 4.59. The van der Waals surface area contributed by atoms with Crippen molar-refractivity contribution in [1.29, 1.82) is 0 Å². The molecule has 1 saturated carbocycles. The van der Waals surface area contributed by atoms with E-state index in [0.29, 0.717) is 28.5 Å². The van der Waals surface area contributed by atoms with Crippen molar-refractivity contribution >= 4 is 11.6 Å². The lowest BCUT2D eigenvalue weighted by Crippen LogP contribution is -2.42. The Morgan fingerprint density at radius 1 is 1.06 bits per heavy atom. The molecule has 4 rings (SSSR count). The van der Waals surface area contributed by atoms with Gasteiger partial charge < -0.3 is 18.7 Å². The molecule has 0 aliphatic heterocycles. The third-order valence-corrected chi connectivity index (χ3v) is 6.90. The minimum absolute atomic E-state index is 0.107. The second-order valence-corrected chi connectivity index (χ2v) is 10.2. The first-order chi connectivity index (χ1) is 15.9. The van der Waals surface area contributed by atoms with Gasteiger partial charge in [0.25, 0.3) is 0 Å². The lowest BCUT2D eigenvalue weighted by atomic mass is 9.73. The number of halogens is 1. The highest BCUT2D eigenvalue weighted by atomic mass is 35.5. The first-order valence-corrected chi connectivity index (χ1v) is 12.2. The van der Waals surface area contributed by atoms with E-state index in [9.17, 15) is 5.11 Å². The number of nitrogens with zero attached hydrogens (tertiary/aromatic N) is 2. The summed E-state index contributed by atoms with van der Waals surface area (Å²) in [7, 11) is 4.27. The summed E-state index contributed by atoms with van der Waals surface area (Å²) in [6.07, 6.45) is 7.21. The molecule has 33 heavy (non-hydrogen) atoms. The molecule has 0 bridgehead atoms. The summed E-state index contributed by atoms with van der Waals surface area (Å²) in [6.45, 7) is 2.03. The van der Waals surface area contributed by atoms with E-state index < -0.39 is 5.60 Å². The molecule has 1 fully saturated rings. The number of benzene rings is 2. The van der Waals surface area contributed by atoms with Gasteiger partial charge in [0.05, 0.1) is 20.3 Å². The molecule has 0 unspecified atom stereocenters. The largest absolute Gasteiger partial charge is 0.488 e. The van der Waals surface area contributed by atoms with Crippen molar-refractivity contribution in [2.24, 2.45) is 5.92 Å². The van der Waals surface area contributed by atoms with E-state index in [4.69, 9.17) is 20.8 Å². The molecule has 0 spiro atoms. The second kappa shape index (κ2) is 10.3. The number of ether oxygens (including phenoxy) is 1. The first-order valence-electron chi connectivity index (χ1n) is 11.8. The van der Waals surface area contributed by atoms with Gasteiger partial charge in [-0.2, -0.15) is 0 Å². The average molecular weight is 470 g/mol. The minimum Gasteiger partial charge on any atom is -0.488 e. The maximum atomic E-state index is 12.0. The Morgan fingerprint density at radius 2 is 1.76 bits per heavy atom. The zero-order valence-corrected chi connectivity index (χ0v) is 20.3. The van der Waals surface area contributed by atoms with Gasteiger partial charge in [-0.05, 0) is 42.7 Å². The highest BCUT2D eigenvalue weighted by molar-refractivity contribution is 6.30. The van der Waals surface area contributed by atoms with E-state index in [-0.39, 0.29) is 5.92 Å². The van der Waals surface area contributed by atoms with Gasteiger partial charge in [0, 0.05) is 10.9 Å². The van der Waals surface area contributed by atoms with Gasteiger partial charge in [-0.1, -0.05) is 61.2 Å². The molecule has 0 amide bonds. The second-order valence-electron chi connectivity index (χ2n) is 9.72. The summed E-state index contributed by atoms with van der Waals surface area (Å²) in [5, 5.41) is 12.7. The van der Waals surface area contributed by atoms with Crippen LogP contribution < -0.4 is 4.74 Å². The van der Waals surface area contributed by atoms with E-state index in [1.165, 1.54) is 6.42 Å². The third-order valence-electron chi connectivity index (χ3n) is 6.65. The van der Waals surface area contributed by atoms with Crippen molar-refractivity contribution in [2.45, 2.75) is 44.2 Å². The van der Waals surface area contributed by atoms with Crippen LogP contribution in [0.1, 0.15) is 49.3 Å². The minimum atomic E-state index is -1.20. The summed E-state index contributed by atoms with van der Waals surface area (Å²) in [5.41, 5.74) is -0.343. The lowest BCUT2D eigenvalue weighted by Gasteiger charge is -2.36. The smallest absolute Gasteiger partial charge is 0.231 e. The molecular weight excluding hydrogens is 436 g/mol. The summed E-state index contributed by atoms with van der Waals surface area (Å²) in [5.74, 6) is 2.09. The molecule has 1 aromatic heterocycles. The van der Waals surface area contributed by atoms with E-state index in [1.807, 2.05) is 54.6 Å². The van der Waals surface area contributed by atoms with Crippen molar-refractivity contribution in [3.63, 3.8) is 0 Å². The predicted octanol–water partition coefficient (Wildman–Crippen LogP) is 5.80. The number of quaternary nitrogens is 1. The normalized spacial score (nSPS) is 17.0. The van der Waals surface area contributed by atoms with Crippen LogP contribution in [0.2, 0.25) is 5.02 Å². The van der Waals surface area contributed by atoms with E-state index >= 15 is 0 Å². The van der Waals surface area contributed by atoms with Crippen LogP contribution in [-0.2, 0) is 12.1 Å². The number of hydrogen-bond donors (Lipinski definition) is 1. The van der Waals surface area contributed by atoms with Crippen molar-refractivity contribution < 1.29 is 18.7 Å². The van der Waals surface area contributed by atoms with E-state index in [1.54, 1.807) is 6.20 Å². The van der Waals surface area contributed by atoms with Gasteiger partial charge >= 0.3 is 0 Å². The van der Waals surface area contributed by atoms with Crippen LogP contribution in [0, 0.1) is 5.92 Å². The number of likely N-dealkylation sites (N-methyl/N-ethyl adjacent to an activating group) is 1. The van der Waals surface area contributed by atoms with Crippen LogP contribution >= 0.6 is 11.6 Å². The lowest BCUT2D eigenvalue weighted by molar-refractivity contribution is -0.904. The molecule has 1 atom stereocenters. The summed E-state index contributed by atoms with van der Waals surface area (Å²) in [6, 6.07) is 17.3. The van der Waals surface area contributed by atoms with E-state index in [2.05, 4.69) is 19.1 Å².